The maximum absolute atomic E-state index is 6.54. The molecule has 0 unspecified atom stereocenters. The molecule has 44 heavy (non-hydrogen) atoms. The zero-order chi connectivity index (χ0) is 29.6. The van der Waals surface area contributed by atoms with E-state index < -0.39 is 0 Å². The van der Waals surface area contributed by atoms with E-state index in [0.717, 1.165) is 39.0 Å². The second-order valence-corrected chi connectivity index (χ2v) is 12.7. The number of aryl methyl sites for hydroxylation is 1. The van der Waals surface area contributed by atoms with Gasteiger partial charge in [0.05, 0.1) is 5.69 Å². The Hall–Kier alpha value is -5.34. The second-order valence-electron chi connectivity index (χ2n) is 12.7. The molecule has 0 bridgehead atoms. The molecule has 1 aliphatic carbocycles. The molecule has 0 spiro atoms. The first-order chi connectivity index (χ1) is 21.5. The molecule has 1 heterocycles. The van der Waals surface area contributed by atoms with Crippen LogP contribution in [0.1, 0.15) is 30.5 Å². The Morgan fingerprint density at radius 1 is 0.545 bits per heavy atom. The molecule has 1 aromatic heterocycles. The van der Waals surface area contributed by atoms with Crippen molar-refractivity contribution in [3.63, 3.8) is 0 Å². The van der Waals surface area contributed by atoms with Crippen molar-refractivity contribution < 1.29 is 4.42 Å². The predicted molar refractivity (Wildman–Crippen MR) is 186 cm³/mol. The quantitative estimate of drug-likeness (QED) is 0.212. The monoisotopic (exact) mass is 565 g/mol. The Kier molecular flexibility index (Phi) is 5.20. The third-order valence-corrected chi connectivity index (χ3v) is 9.62. The van der Waals surface area contributed by atoms with Crippen LogP contribution in [0, 0.1) is 6.92 Å². The molecule has 0 saturated carbocycles. The van der Waals surface area contributed by atoms with Gasteiger partial charge >= 0.3 is 0 Å². The summed E-state index contributed by atoms with van der Waals surface area (Å²) in [6.07, 6.45) is 0. The first-order valence-electron chi connectivity index (χ1n) is 15.4. The molecule has 0 saturated heterocycles. The molecule has 7 aromatic carbocycles. The van der Waals surface area contributed by atoms with Gasteiger partial charge in [-0.25, -0.2) is 0 Å². The maximum atomic E-state index is 6.54. The SMILES string of the molecule is Cc1cccc(N(c2ccc3cc4c(cc3c2)C(C)(C)c2c-4ccc3ccccc23)c2cccc3c2oc2ccccc23)c1. The zero-order valence-corrected chi connectivity index (χ0v) is 25.1. The molecule has 210 valence electrons. The van der Waals surface area contributed by atoms with Gasteiger partial charge in [0.15, 0.2) is 5.58 Å². The fourth-order valence-corrected chi connectivity index (χ4v) is 7.57. The lowest BCUT2D eigenvalue weighted by Crippen LogP contribution is -2.15. The van der Waals surface area contributed by atoms with E-state index in [1.165, 1.54) is 49.4 Å². The summed E-state index contributed by atoms with van der Waals surface area (Å²) in [5.74, 6) is 0. The van der Waals surface area contributed by atoms with Crippen LogP contribution in [0.2, 0.25) is 0 Å². The van der Waals surface area contributed by atoms with Crippen molar-refractivity contribution in [2.75, 3.05) is 4.90 Å². The van der Waals surface area contributed by atoms with Gasteiger partial charge in [-0.2, -0.15) is 0 Å². The molecule has 8 aromatic rings. The second kappa shape index (κ2) is 9.08. The van der Waals surface area contributed by atoms with E-state index in [9.17, 15) is 0 Å². The molecule has 0 radical (unpaired) electrons. The van der Waals surface area contributed by atoms with Crippen molar-refractivity contribution in [1.82, 2.24) is 0 Å². The number of anilines is 3. The van der Waals surface area contributed by atoms with E-state index in [1.54, 1.807) is 0 Å². The standard InChI is InChI=1S/C42H31NO/c1-26-10-8-12-30(22-26)43(38-16-9-15-35-33-14-6-7-17-39(33)44-41(35)38)31-20-18-28-24-36-34-21-19-27-11-4-5-13-32(27)40(34)42(2,3)37(36)25-29(28)23-31/h4-25H,1-3H3. The Labute approximate surface area is 256 Å². The van der Waals surface area contributed by atoms with Crippen molar-refractivity contribution in [2.24, 2.45) is 0 Å². The van der Waals surface area contributed by atoms with Crippen LogP contribution in [-0.4, -0.2) is 0 Å². The number of hydrogen-bond donors (Lipinski definition) is 0. The maximum Gasteiger partial charge on any atom is 0.159 e. The van der Waals surface area contributed by atoms with E-state index >= 15 is 0 Å². The average Bonchev–Trinajstić information content (AvgIpc) is 3.53. The van der Waals surface area contributed by atoms with Crippen molar-refractivity contribution in [3.05, 3.63) is 150 Å². The minimum absolute atomic E-state index is 0.105. The Bertz CT molecular complexity index is 2440. The molecule has 9 rings (SSSR count). The predicted octanol–water partition coefficient (Wildman–Crippen LogP) is 12.0. The Morgan fingerprint density at radius 2 is 1.30 bits per heavy atom. The van der Waals surface area contributed by atoms with E-state index in [-0.39, 0.29) is 5.41 Å². The smallest absolute Gasteiger partial charge is 0.159 e. The van der Waals surface area contributed by atoms with Gasteiger partial charge in [0.25, 0.3) is 0 Å². The van der Waals surface area contributed by atoms with Crippen LogP contribution in [-0.2, 0) is 5.41 Å². The molecular weight excluding hydrogens is 534 g/mol. The van der Waals surface area contributed by atoms with E-state index in [1.807, 2.05) is 6.07 Å². The minimum Gasteiger partial charge on any atom is -0.454 e. The Balaban J connectivity index is 1.27. The molecule has 0 N–H and O–H groups in total. The molecule has 0 amide bonds. The van der Waals surface area contributed by atoms with E-state index in [2.05, 4.69) is 153 Å². The number of rotatable bonds is 3. The van der Waals surface area contributed by atoms with Gasteiger partial charge in [0.2, 0.25) is 0 Å². The molecule has 0 aliphatic heterocycles. The van der Waals surface area contributed by atoms with E-state index in [4.69, 9.17) is 4.42 Å². The highest BCUT2D eigenvalue weighted by molar-refractivity contribution is 6.10. The van der Waals surface area contributed by atoms with Crippen LogP contribution >= 0.6 is 0 Å². The van der Waals surface area contributed by atoms with Crippen molar-refractivity contribution in [1.29, 1.82) is 0 Å². The topological polar surface area (TPSA) is 16.4 Å². The van der Waals surface area contributed by atoms with Gasteiger partial charge in [0.1, 0.15) is 5.58 Å². The third-order valence-electron chi connectivity index (χ3n) is 9.62. The summed E-state index contributed by atoms with van der Waals surface area (Å²) in [4.78, 5) is 2.35. The highest BCUT2D eigenvalue weighted by Gasteiger charge is 2.37. The van der Waals surface area contributed by atoms with Crippen LogP contribution in [0.4, 0.5) is 17.1 Å². The van der Waals surface area contributed by atoms with Gasteiger partial charge in [0, 0.05) is 27.6 Å². The number of fused-ring (bicyclic) bond motifs is 9. The molecule has 0 fully saturated rings. The number of nitrogens with zero attached hydrogens (tertiary/aromatic N) is 1. The summed E-state index contributed by atoms with van der Waals surface area (Å²) >= 11 is 0. The summed E-state index contributed by atoms with van der Waals surface area (Å²) in [6, 6.07) is 48.6. The lowest BCUT2D eigenvalue weighted by atomic mass is 9.80. The molecular formula is C42H31NO. The molecule has 2 heteroatoms. The van der Waals surface area contributed by atoms with Crippen molar-refractivity contribution in [2.45, 2.75) is 26.2 Å². The van der Waals surface area contributed by atoms with Gasteiger partial charge in [-0.05, 0) is 105 Å². The number of benzene rings is 7. The average molecular weight is 566 g/mol. The van der Waals surface area contributed by atoms with Gasteiger partial charge < -0.3 is 9.32 Å². The summed E-state index contributed by atoms with van der Waals surface area (Å²) in [6.45, 7) is 6.90. The lowest BCUT2D eigenvalue weighted by molar-refractivity contribution is 0.667. The summed E-state index contributed by atoms with van der Waals surface area (Å²) < 4.78 is 6.54. The number of hydrogen-bond acceptors (Lipinski definition) is 2. The highest BCUT2D eigenvalue weighted by atomic mass is 16.3. The van der Waals surface area contributed by atoms with Crippen LogP contribution in [0.3, 0.4) is 0 Å². The van der Waals surface area contributed by atoms with Gasteiger partial charge in [-0.15, -0.1) is 0 Å². The summed E-state index contributed by atoms with van der Waals surface area (Å²) in [7, 11) is 0. The van der Waals surface area contributed by atoms with Crippen LogP contribution in [0.15, 0.2) is 138 Å². The normalized spacial score (nSPS) is 13.5. The first-order valence-corrected chi connectivity index (χ1v) is 15.4. The molecule has 2 nitrogen and oxygen atoms in total. The molecule has 0 atom stereocenters. The highest BCUT2D eigenvalue weighted by Crippen LogP contribution is 2.53. The number of furan rings is 1. The van der Waals surface area contributed by atoms with Crippen LogP contribution < -0.4 is 4.90 Å². The first kappa shape index (κ1) is 25.2. The minimum atomic E-state index is -0.105. The summed E-state index contributed by atoms with van der Waals surface area (Å²) in [5, 5.41) is 7.39. The summed E-state index contributed by atoms with van der Waals surface area (Å²) in [5.41, 5.74) is 11.7. The zero-order valence-electron chi connectivity index (χ0n) is 25.1. The van der Waals surface area contributed by atoms with Gasteiger partial charge in [-0.1, -0.05) is 98.8 Å². The lowest BCUT2D eigenvalue weighted by Gasteiger charge is -2.26. The fourth-order valence-electron chi connectivity index (χ4n) is 7.57. The van der Waals surface area contributed by atoms with Crippen molar-refractivity contribution in [3.8, 4) is 11.1 Å². The molecule has 1 aliphatic rings. The Morgan fingerprint density at radius 3 is 2.18 bits per heavy atom. The van der Waals surface area contributed by atoms with Crippen LogP contribution in [0.5, 0.6) is 0 Å². The number of para-hydroxylation sites is 2. The van der Waals surface area contributed by atoms with Crippen LogP contribution in [0.25, 0.3) is 54.6 Å². The third kappa shape index (κ3) is 3.55. The van der Waals surface area contributed by atoms with Gasteiger partial charge in [-0.3, -0.25) is 0 Å². The van der Waals surface area contributed by atoms with E-state index in [0.29, 0.717) is 0 Å². The largest absolute Gasteiger partial charge is 0.454 e. The fraction of sp³-hybridized carbons (Fsp3) is 0.0952. The van der Waals surface area contributed by atoms with Crippen molar-refractivity contribution >= 4 is 60.5 Å².